The lowest BCUT2D eigenvalue weighted by atomic mass is 9.66. The zero-order valence-corrected chi connectivity index (χ0v) is 11.7. The number of hydrogen-bond donors (Lipinski definition) is 0. The van der Waals surface area contributed by atoms with E-state index in [-0.39, 0.29) is 23.6 Å². The molecule has 3 atom stereocenters. The number of hydrogen-bond acceptors (Lipinski definition) is 3. The molecule has 1 saturated carbocycles. The summed E-state index contributed by atoms with van der Waals surface area (Å²) in [7, 11) is 1.39. The van der Waals surface area contributed by atoms with E-state index in [1.807, 2.05) is 13.8 Å². The minimum atomic E-state index is -0.744. The van der Waals surface area contributed by atoms with Gasteiger partial charge in [0.05, 0.1) is 12.5 Å². The fourth-order valence-electron chi connectivity index (χ4n) is 2.82. The predicted octanol–water partition coefficient (Wildman–Crippen LogP) is 2.58. The minimum Gasteiger partial charge on any atom is -0.469 e. The van der Waals surface area contributed by atoms with E-state index in [4.69, 9.17) is 4.74 Å². The van der Waals surface area contributed by atoms with Gasteiger partial charge in [0.1, 0.15) is 5.78 Å². The number of methoxy groups -OCH3 is 1. The molecule has 0 bridgehead atoms. The molecule has 3 nitrogen and oxygen atoms in total. The van der Waals surface area contributed by atoms with Crippen molar-refractivity contribution in [3.05, 3.63) is 0 Å². The Labute approximate surface area is 109 Å². The van der Waals surface area contributed by atoms with Crippen LogP contribution in [0.4, 0.5) is 0 Å². The third-order valence-electron chi connectivity index (χ3n) is 4.26. The molecule has 0 aromatic rings. The van der Waals surface area contributed by atoms with Gasteiger partial charge < -0.3 is 4.74 Å². The molecule has 0 heterocycles. The number of carbonyl (C=O) groups is 2. The molecule has 0 radical (unpaired) electrons. The molecular weight excluding hydrogens is 228 g/mol. The largest absolute Gasteiger partial charge is 0.469 e. The first-order chi connectivity index (χ1) is 8.48. The predicted molar refractivity (Wildman–Crippen MR) is 69.7 cm³/mol. The monoisotopic (exact) mass is 250 g/mol. The molecule has 18 heavy (non-hydrogen) atoms. The van der Waals surface area contributed by atoms with Crippen LogP contribution in [0.15, 0.2) is 0 Å². The molecule has 0 aromatic heterocycles. The molecule has 0 aliphatic heterocycles. The molecule has 100 valence electrons. The summed E-state index contributed by atoms with van der Waals surface area (Å²) in [5, 5.41) is 0. The SMILES string of the molecule is CC#CCC(C)C(C)(C(=O)OC)C1CCCC1=O. The maximum Gasteiger partial charge on any atom is 0.312 e. The van der Waals surface area contributed by atoms with Crippen LogP contribution in [-0.4, -0.2) is 18.9 Å². The Bertz CT molecular complexity index is 388. The van der Waals surface area contributed by atoms with Crippen LogP contribution >= 0.6 is 0 Å². The van der Waals surface area contributed by atoms with Gasteiger partial charge in [-0.25, -0.2) is 0 Å². The van der Waals surface area contributed by atoms with Crippen molar-refractivity contribution in [1.82, 2.24) is 0 Å². The summed E-state index contributed by atoms with van der Waals surface area (Å²) in [5.41, 5.74) is -0.744. The molecule has 3 heteroatoms. The van der Waals surface area contributed by atoms with E-state index >= 15 is 0 Å². The van der Waals surface area contributed by atoms with Crippen molar-refractivity contribution in [3.63, 3.8) is 0 Å². The minimum absolute atomic E-state index is 0.0180. The average molecular weight is 250 g/mol. The number of Topliss-reactive ketones (excluding diaryl/α,β-unsaturated/α-hetero) is 1. The number of esters is 1. The highest BCUT2D eigenvalue weighted by molar-refractivity contribution is 5.90. The summed E-state index contributed by atoms with van der Waals surface area (Å²) in [6, 6.07) is 0. The molecule has 0 N–H and O–H groups in total. The van der Waals surface area contributed by atoms with Crippen LogP contribution in [-0.2, 0) is 14.3 Å². The summed E-state index contributed by atoms with van der Waals surface area (Å²) in [6.07, 6.45) is 2.87. The highest BCUT2D eigenvalue weighted by atomic mass is 16.5. The Hall–Kier alpha value is -1.30. The van der Waals surface area contributed by atoms with Gasteiger partial charge in [-0.15, -0.1) is 11.8 Å². The van der Waals surface area contributed by atoms with E-state index in [0.717, 1.165) is 12.8 Å². The highest BCUT2D eigenvalue weighted by Gasteiger charge is 2.50. The topological polar surface area (TPSA) is 43.4 Å². The maximum absolute atomic E-state index is 12.1. The van der Waals surface area contributed by atoms with Gasteiger partial charge >= 0.3 is 5.97 Å². The Balaban J connectivity index is 3.03. The Morgan fingerprint density at radius 2 is 2.28 bits per heavy atom. The van der Waals surface area contributed by atoms with Crippen molar-refractivity contribution in [2.45, 2.75) is 46.5 Å². The van der Waals surface area contributed by atoms with Gasteiger partial charge in [0.25, 0.3) is 0 Å². The summed E-state index contributed by atoms with van der Waals surface area (Å²) < 4.78 is 4.94. The van der Waals surface area contributed by atoms with E-state index in [1.165, 1.54) is 7.11 Å². The molecular formula is C15H22O3. The second-order valence-corrected chi connectivity index (χ2v) is 5.22. The number of ether oxygens (including phenoxy) is 1. The van der Waals surface area contributed by atoms with Gasteiger partial charge in [-0.3, -0.25) is 9.59 Å². The first-order valence-corrected chi connectivity index (χ1v) is 6.49. The van der Waals surface area contributed by atoms with Crippen LogP contribution in [0.5, 0.6) is 0 Å². The smallest absolute Gasteiger partial charge is 0.312 e. The Morgan fingerprint density at radius 1 is 1.61 bits per heavy atom. The molecule has 0 saturated heterocycles. The summed E-state index contributed by atoms with van der Waals surface area (Å²) >= 11 is 0. The van der Waals surface area contributed by atoms with Gasteiger partial charge in [-0.2, -0.15) is 0 Å². The van der Waals surface area contributed by atoms with Crippen molar-refractivity contribution in [3.8, 4) is 11.8 Å². The molecule has 0 spiro atoms. The third-order valence-corrected chi connectivity index (χ3v) is 4.26. The lowest BCUT2D eigenvalue weighted by molar-refractivity contribution is -0.161. The summed E-state index contributed by atoms with van der Waals surface area (Å²) in [4.78, 5) is 24.1. The van der Waals surface area contributed by atoms with Crippen LogP contribution in [0.1, 0.15) is 46.5 Å². The Morgan fingerprint density at radius 3 is 2.72 bits per heavy atom. The van der Waals surface area contributed by atoms with Crippen LogP contribution in [0.2, 0.25) is 0 Å². The van der Waals surface area contributed by atoms with Crippen molar-refractivity contribution in [2.75, 3.05) is 7.11 Å². The molecule has 1 rings (SSSR count). The number of rotatable bonds is 4. The van der Waals surface area contributed by atoms with Gasteiger partial charge in [0.15, 0.2) is 0 Å². The molecule has 1 fully saturated rings. The van der Waals surface area contributed by atoms with E-state index in [0.29, 0.717) is 12.8 Å². The number of ketones is 1. The standard InChI is InChI=1S/C15H22O3/c1-5-6-8-11(2)15(3,14(17)18-4)12-9-7-10-13(12)16/h11-12H,7-10H2,1-4H3. The molecule has 0 amide bonds. The second kappa shape index (κ2) is 6.04. The zero-order valence-electron chi connectivity index (χ0n) is 11.7. The van der Waals surface area contributed by atoms with Crippen molar-refractivity contribution in [1.29, 1.82) is 0 Å². The zero-order chi connectivity index (χ0) is 13.8. The van der Waals surface area contributed by atoms with Crippen LogP contribution < -0.4 is 0 Å². The fraction of sp³-hybridized carbons (Fsp3) is 0.733. The van der Waals surface area contributed by atoms with E-state index in [1.54, 1.807) is 6.92 Å². The van der Waals surface area contributed by atoms with E-state index < -0.39 is 5.41 Å². The van der Waals surface area contributed by atoms with Gasteiger partial charge in [-0.1, -0.05) is 6.92 Å². The van der Waals surface area contributed by atoms with Crippen LogP contribution in [0.25, 0.3) is 0 Å². The number of carbonyl (C=O) groups excluding carboxylic acids is 2. The van der Waals surface area contributed by atoms with Crippen LogP contribution in [0, 0.1) is 29.1 Å². The van der Waals surface area contributed by atoms with Gasteiger partial charge in [0.2, 0.25) is 0 Å². The molecule has 1 aliphatic rings. The average Bonchev–Trinajstić information content (AvgIpc) is 2.80. The van der Waals surface area contributed by atoms with Gasteiger partial charge in [0, 0.05) is 18.8 Å². The maximum atomic E-state index is 12.1. The molecule has 1 aliphatic carbocycles. The lowest BCUT2D eigenvalue weighted by Crippen LogP contribution is -2.44. The van der Waals surface area contributed by atoms with Crippen LogP contribution in [0.3, 0.4) is 0 Å². The highest BCUT2D eigenvalue weighted by Crippen LogP contribution is 2.45. The quantitative estimate of drug-likeness (QED) is 0.569. The van der Waals surface area contributed by atoms with Crippen molar-refractivity contribution in [2.24, 2.45) is 17.3 Å². The normalized spacial score (nSPS) is 23.8. The third kappa shape index (κ3) is 2.58. The second-order valence-electron chi connectivity index (χ2n) is 5.22. The first kappa shape index (κ1) is 14.8. The van der Waals surface area contributed by atoms with Gasteiger partial charge in [-0.05, 0) is 32.6 Å². The molecule has 0 aromatic carbocycles. The Kier molecular flexibility index (Phi) is 4.95. The summed E-state index contributed by atoms with van der Waals surface area (Å²) in [5.74, 6) is 5.56. The summed E-state index contributed by atoms with van der Waals surface area (Å²) in [6.45, 7) is 5.62. The van der Waals surface area contributed by atoms with E-state index in [2.05, 4.69) is 11.8 Å². The lowest BCUT2D eigenvalue weighted by Gasteiger charge is -2.36. The van der Waals surface area contributed by atoms with Crippen molar-refractivity contribution < 1.29 is 14.3 Å². The first-order valence-electron chi connectivity index (χ1n) is 6.49. The fourth-order valence-corrected chi connectivity index (χ4v) is 2.82. The molecule has 3 unspecified atom stereocenters. The van der Waals surface area contributed by atoms with E-state index in [9.17, 15) is 9.59 Å². The van der Waals surface area contributed by atoms with Crippen molar-refractivity contribution >= 4 is 11.8 Å².